The maximum Gasteiger partial charge on any atom is 0.237 e. The molecule has 0 aromatic heterocycles. The summed E-state index contributed by atoms with van der Waals surface area (Å²) in [6, 6.07) is 0. The minimum Gasteiger partial charge on any atom is -0.368 e. The van der Waals surface area contributed by atoms with E-state index in [1.807, 2.05) is 6.92 Å². The molecule has 0 aromatic rings. The number of hydrogen-bond donors (Lipinski definition) is 2. The van der Waals surface area contributed by atoms with Crippen molar-refractivity contribution >= 4 is 5.91 Å². The third kappa shape index (κ3) is 3.77. The molecule has 6 nitrogen and oxygen atoms in total. The van der Waals surface area contributed by atoms with E-state index in [0.29, 0.717) is 19.0 Å². The fourth-order valence-electron chi connectivity index (χ4n) is 1.59. The molecule has 84 valence electrons. The molecule has 0 saturated heterocycles. The Bertz CT molecular complexity index is 282. The fraction of sp³-hybridized carbons (Fsp3) is 0.889. The van der Waals surface area contributed by atoms with Crippen LogP contribution < -0.4 is 11.1 Å². The second kappa shape index (κ2) is 5.00. The van der Waals surface area contributed by atoms with Gasteiger partial charge in [0.2, 0.25) is 5.91 Å². The van der Waals surface area contributed by atoms with E-state index in [-0.39, 0.29) is 5.91 Å². The Kier molecular flexibility index (Phi) is 3.94. The average Bonchev–Trinajstić information content (AvgIpc) is 2.96. The second-order valence-electron chi connectivity index (χ2n) is 4.23. The van der Waals surface area contributed by atoms with Crippen LogP contribution in [0.5, 0.6) is 0 Å². The van der Waals surface area contributed by atoms with Crippen LogP contribution in [0.3, 0.4) is 0 Å². The standard InChI is InChI=1S/C9H17N5O/c1-9(8(10)15,6-7-2-3-7)12-4-5-13-14-11/h7,12H,2-6H2,1H3,(H2,10,15). The van der Waals surface area contributed by atoms with Gasteiger partial charge in [-0.25, -0.2) is 0 Å². The Morgan fingerprint density at radius 2 is 2.40 bits per heavy atom. The number of primary amides is 1. The van der Waals surface area contributed by atoms with E-state index < -0.39 is 5.54 Å². The molecular weight excluding hydrogens is 194 g/mol. The minimum atomic E-state index is -0.661. The molecule has 1 fully saturated rings. The molecule has 6 heteroatoms. The predicted molar refractivity (Wildman–Crippen MR) is 57.0 cm³/mol. The van der Waals surface area contributed by atoms with Crippen LogP contribution in [0.4, 0.5) is 0 Å². The van der Waals surface area contributed by atoms with E-state index in [4.69, 9.17) is 11.3 Å². The first kappa shape index (κ1) is 11.8. The van der Waals surface area contributed by atoms with Gasteiger partial charge in [0.15, 0.2) is 0 Å². The predicted octanol–water partition coefficient (Wildman–Crippen LogP) is 0.930. The zero-order valence-corrected chi connectivity index (χ0v) is 8.94. The Hall–Kier alpha value is -1.26. The van der Waals surface area contributed by atoms with Gasteiger partial charge in [0.25, 0.3) is 0 Å². The van der Waals surface area contributed by atoms with Crippen LogP contribution >= 0.6 is 0 Å². The molecule has 1 saturated carbocycles. The second-order valence-corrected chi connectivity index (χ2v) is 4.23. The van der Waals surface area contributed by atoms with Crippen molar-refractivity contribution in [3.63, 3.8) is 0 Å². The quantitative estimate of drug-likeness (QED) is 0.283. The molecule has 0 spiro atoms. The van der Waals surface area contributed by atoms with Crippen molar-refractivity contribution in [2.75, 3.05) is 13.1 Å². The lowest BCUT2D eigenvalue weighted by Crippen LogP contribution is -2.54. The molecule has 1 aliphatic rings. The molecule has 0 radical (unpaired) electrons. The summed E-state index contributed by atoms with van der Waals surface area (Å²) in [6.45, 7) is 2.63. The van der Waals surface area contributed by atoms with Gasteiger partial charge in [-0.3, -0.25) is 4.79 Å². The normalized spacial score (nSPS) is 19.0. The first-order chi connectivity index (χ1) is 7.08. The van der Waals surface area contributed by atoms with Gasteiger partial charge in [-0.2, -0.15) is 0 Å². The SMILES string of the molecule is CC(CC1CC1)(NCCN=[N+]=[N-])C(N)=O. The summed E-state index contributed by atoms with van der Waals surface area (Å²) in [4.78, 5) is 13.9. The smallest absolute Gasteiger partial charge is 0.237 e. The van der Waals surface area contributed by atoms with Gasteiger partial charge in [-0.05, 0) is 24.8 Å². The zero-order chi connectivity index (χ0) is 11.3. The van der Waals surface area contributed by atoms with Crippen LogP contribution in [0, 0.1) is 5.92 Å². The van der Waals surface area contributed by atoms with E-state index in [1.165, 1.54) is 12.8 Å². The lowest BCUT2D eigenvalue weighted by Gasteiger charge is -2.27. The molecule has 1 atom stereocenters. The Morgan fingerprint density at radius 1 is 1.73 bits per heavy atom. The molecule has 1 amide bonds. The summed E-state index contributed by atoms with van der Waals surface area (Å²) in [5.74, 6) is 0.282. The summed E-state index contributed by atoms with van der Waals surface area (Å²) >= 11 is 0. The van der Waals surface area contributed by atoms with Gasteiger partial charge in [0, 0.05) is 18.0 Å². The molecule has 0 aromatic carbocycles. The fourth-order valence-corrected chi connectivity index (χ4v) is 1.59. The third-order valence-corrected chi connectivity index (χ3v) is 2.73. The molecule has 0 aliphatic heterocycles. The summed E-state index contributed by atoms with van der Waals surface area (Å²) in [7, 11) is 0. The largest absolute Gasteiger partial charge is 0.368 e. The number of nitrogens with zero attached hydrogens (tertiary/aromatic N) is 3. The number of nitrogens with two attached hydrogens (primary N) is 1. The number of rotatable bonds is 7. The molecule has 0 heterocycles. The minimum absolute atomic E-state index is 0.337. The molecule has 1 rings (SSSR count). The van der Waals surface area contributed by atoms with Gasteiger partial charge in [-0.15, -0.1) is 0 Å². The van der Waals surface area contributed by atoms with Crippen LogP contribution in [0.15, 0.2) is 5.11 Å². The highest BCUT2D eigenvalue weighted by atomic mass is 16.1. The molecular formula is C9H17N5O. The highest BCUT2D eigenvalue weighted by Gasteiger charge is 2.37. The van der Waals surface area contributed by atoms with Gasteiger partial charge in [0.1, 0.15) is 0 Å². The van der Waals surface area contributed by atoms with Crippen molar-refractivity contribution in [2.24, 2.45) is 16.8 Å². The van der Waals surface area contributed by atoms with Crippen molar-refractivity contribution in [2.45, 2.75) is 31.7 Å². The van der Waals surface area contributed by atoms with Crippen LogP contribution in [-0.2, 0) is 4.79 Å². The number of amides is 1. The molecule has 1 unspecified atom stereocenters. The number of nitrogens with one attached hydrogen (secondary N) is 1. The van der Waals surface area contributed by atoms with E-state index in [0.717, 1.165) is 6.42 Å². The van der Waals surface area contributed by atoms with Crippen molar-refractivity contribution < 1.29 is 4.79 Å². The van der Waals surface area contributed by atoms with Gasteiger partial charge >= 0.3 is 0 Å². The maximum atomic E-state index is 11.3. The number of carbonyl (C=O) groups excluding carboxylic acids is 1. The van der Waals surface area contributed by atoms with E-state index in [2.05, 4.69) is 15.3 Å². The highest BCUT2D eigenvalue weighted by Crippen LogP contribution is 2.36. The number of carbonyl (C=O) groups is 1. The van der Waals surface area contributed by atoms with E-state index in [9.17, 15) is 4.79 Å². The molecule has 1 aliphatic carbocycles. The van der Waals surface area contributed by atoms with Gasteiger partial charge in [-0.1, -0.05) is 18.0 Å². The third-order valence-electron chi connectivity index (χ3n) is 2.73. The van der Waals surface area contributed by atoms with E-state index in [1.54, 1.807) is 0 Å². The zero-order valence-electron chi connectivity index (χ0n) is 8.94. The highest BCUT2D eigenvalue weighted by molar-refractivity contribution is 5.84. The summed E-state index contributed by atoms with van der Waals surface area (Å²) < 4.78 is 0. The van der Waals surface area contributed by atoms with Crippen LogP contribution in [0.2, 0.25) is 0 Å². The van der Waals surface area contributed by atoms with Crippen LogP contribution in [-0.4, -0.2) is 24.5 Å². The lowest BCUT2D eigenvalue weighted by atomic mass is 9.94. The molecule has 15 heavy (non-hydrogen) atoms. The Morgan fingerprint density at radius 3 is 2.87 bits per heavy atom. The number of hydrogen-bond acceptors (Lipinski definition) is 3. The summed E-state index contributed by atoms with van der Waals surface area (Å²) in [6.07, 6.45) is 3.14. The van der Waals surface area contributed by atoms with Crippen molar-refractivity contribution in [3.05, 3.63) is 10.4 Å². The Labute approximate surface area is 88.8 Å². The van der Waals surface area contributed by atoms with Gasteiger partial charge in [0.05, 0.1) is 5.54 Å². The van der Waals surface area contributed by atoms with Crippen molar-refractivity contribution in [3.8, 4) is 0 Å². The first-order valence-corrected chi connectivity index (χ1v) is 5.14. The maximum absolute atomic E-state index is 11.3. The van der Waals surface area contributed by atoms with Crippen molar-refractivity contribution in [1.82, 2.24) is 5.32 Å². The topological polar surface area (TPSA) is 104 Å². The van der Waals surface area contributed by atoms with E-state index >= 15 is 0 Å². The van der Waals surface area contributed by atoms with Crippen LogP contribution in [0.25, 0.3) is 10.4 Å². The van der Waals surface area contributed by atoms with Crippen molar-refractivity contribution in [1.29, 1.82) is 0 Å². The number of azide groups is 1. The summed E-state index contributed by atoms with van der Waals surface area (Å²) in [5.41, 5.74) is 12.8. The molecule has 3 N–H and O–H groups in total. The summed E-state index contributed by atoms with van der Waals surface area (Å²) in [5, 5.41) is 6.46. The average molecular weight is 211 g/mol. The monoisotopic (exact) mass is 211 g/mol. The molecule has 0 bridgehead atoms. The lowest BCUT2D eigenvalue weighted by molar-refractivity contribution is -0.124. The van der Waals surface area contributed by atoms with Crippen LogP contribution in [0.1, 0.15) is 26.2 Å². The Balaban J connectivity index is 2.40. The first-order valence-electron chi connectivity index (χ1n) is 5.14. The van der Waals surface area contributed by atoms with Gasteiger partial charge < -0.3 is 11.1 Å².